The number of amides is 1. The van der Waals surface area contributed by atoms with Crippen LogP contribution in [0.3, 0.4) is 0 Å². The number of hydrogen-bond donors (Lipinski definition) is 2. The van der Waals surface area contributed by atoms with Gasteiger partial charge in [0.2, 0.25) is 0 Å². The van der Waals surface area contributed by atoms with Crippen LogP contribution in [-0.4, -0.2) is 16.0 Å². The number of carbonyl (C=O) groups is 1. The number of rotatable bonds is 3. The smallest absolute Gasteiger partial charge is 0.255 e. The van der Waals surface area contributed by atoms with Gasteiger partial charge < -0.3 is 10.4 Å². The van der Waals surface area contributed by atoms with E-state index in [2.05, 4.69) is 10.3 Å². The van der Waals surface area contributed by atoms with E-state index in [-0.39, 0.29) is 17.7 Å². The quantitative estimate of drug-likeness (QED) is 0.899. The number of benzene rings is 1. The molecule has 0 radical (unpaired) electrons. The van der Waals surface area contributed by atoms with E-state index in [1.807, 2.05) is 26.8 Å². The fourth-order valence-electron chi connectivity index (χ4n) is 3.24. The van der Waals surface area contributed by atoms with Crippen molar-refractivity contribution in [3.8, 4) is 5.75 Å². The lowest BCUT2D eigenvalue weighted by Gasteiger charge is -2.19. The van der Waals surface area contributed by atoms with Crippen LogP contribution < -0.4 is 5.32 Å². The van der Waals surface area contributed by atoms with E-state index < -0.39 is 0 Å². The molecular weight excluding hydrogens is 308 g/mol. The van der Waals surface area contributed by atoms with Crippen LogP contribution in [-0.2, 0) is 12.8 Å². The van der Waals surface area contributed by atoms with Gasteiger partial charge in [-0.3, -0.25) is 4.79 Å². The van der Waals surface area contributed by atoms with Crippen molar-refractivity contribution in [2.45, 2.75) is 52.5 Å². The molecule has 2 aromatic rings. The first-order valence-corrected chi connectivity index (χ1v) is 8.87. The van der Waals surface area contributed by atoms with Crippen molar-refractivity contribution in [3.63, 3.8) is 0 Å². The van der Waals surface area contributed by atoms with Gasteiger partial charge in [-0.2, -0.15) is 0 Å². The normalized spacial score (nSPS) is 15.1. The van der Waals surface area contributed by atoms with Crippen molar-refractivity contribution in [2.75, 3.05) is 0 Å². The zero-order chi connectivity index (χ0) is 16.6. The maximum Gasteiger partial charge on any atom is 0.255 e. The summed E-state index contributed by atoms with van der Waals surface area (Å²) in [6, 6.07) is 3.50. The van der Waals surface area contributed by atoms with Crippen LogP contribution >= 0.6 is 11.3 Å². The van der Waals surface area contributed by atoms with Crippen LogP contribution in [0.2, 0.25) is 0 Å². The minimum Gasteiger partial charge on any atom is -0.507 e. The first kappa shape index (κ1) is 16.0. The van der Waals surface area contributed by atoms with Gasteiger partial charge in [-0.15, -0.1) is 11.3 Å². The predicted molar refractivity (Wildman–Crippen MR) is 92.2 cm³/mol. The average molecular weight is 330 g/mol. The number of nitrogens with zero attached hydrogens (tertiary/aromatic N) is 1. The van der Waals surface area contributed by atoms with Gasteiger partial charge in [-0.25, -0.2) is 4.98 Å². The minimum absolute atomic E-state index is 0.0764. The zero-order valence-electron chi connectivity index (χ0n) is 13.8. The molecule has 1 amide bonds. The molecule has 0 saturated heterocycles. The molecule has 0 fully saturated rings. The summed E-state index contributed by atoms with van der Waals surface area (Å²) in [6.07, 6.45) is 4.27. The van der Waals surface area contributed by atoms with Gasteiger partial charge in [-0.1, -0.05) is 0 Å². The highest BCUT2D eigenvalue weighted by Crippen LogP contribution is 2.30. The van der Waals surface area contributed by atoms with E-state index in [0.29, 0.717) is 5.56 Å². The van der Waals surface area contributed by atoms with E-state index in [1.54, 1.807) is 17.4 Å². The molecule has 1 aliphatic carbocycles. The van der Waals surface area contributed by atoms with Crippen LogP contribution in [0.1, 0.15) is 62.9 Å². The molecule has 0 aliphatic heterocycles. The molecule has 1 aromatic carbocycles. The zero-order valence-corrected chi connectivity index (χ0v) is 14.6. The highest BCUT2D eigenvalue weighted by atomic mass is 32.1. The Balaban J connectivity index is 1.82. The number of phenols is 1. The SMILES string of the molecule is Cc1nc(C)c([C@H](C)NC(=O)c2cc3c(cc2O)CCCC3)s1. The molecule has 0 spiro atoms. The van der Waals surface area contributed by atoms with Crippen LogP contribution in [0.4, 0.5) is 0 Å². The summed E-state index contributed by atoms with van der Waals surface area (Å²) in [6.45, 7) is 5.87. The lowest BCUT2D eigenvalue weighted by molar-refractivity contribution is 0.0937. The third-order valence-corrected chi connectivity index (χ3v) is 5.64. The van der Waals surface area contributed by atoms with E-state index in [0.717, 1.165) is 41.3 Å². The molecule has 3 rings (SSSR count). The molecule has 122 valence electrons. The summed E-state index contributed by atoms with van der Waals surface area (Å²) in [4.78, 5) is 18.0. The molecule has 1 aromatic heterocycles. The fraction of sp³-hybridized carbons (Fsp3) is 0.444. The van der Waals surface area contributed by atoms with Crippen LogP contribution in [0.15, 0.2) is 12.1 Å². The molecule has 0 saturated carbocycles. The van der Waals surface area contributed by atoms with Crippen molar-refractivity contribution in [1.29, 1.82) is 0 Å². The number of carbonyl (C=O) groups excluding carboxylic acids is 1. The van der Waals surface area contributed by atoms with Crippen molar-refractivity contribution in [3.05, 3.63) is 44.4 Å². The molecule has 1 aliphatic rings. The summed E-state index contributed by atoms with van der Waals surface area (Å²) in [5, 5.41) is 14.2. The highest BCUT2D eigenvalue weighted by Gasteiger charge is 2.20. The van der Waals surface area contributed by atoms with Crippen LogP contribution in [0.25, 0.3) is 0 Å². The molecule has 0 bridgehead atoms. The van der Waals surface area contributed by atoms with Gasteiger partial charge in [0.25, 0.3) is 5.91 Å². The first-order chi connectivity index (χ1) is 11.0. The Morgan fingerprint density at radius 1 is 1.26 bits per heavy atom. The number of hydrogen-bond acceptors (Lipinski definition) is 4. The number of phenolic OH excluding ortho intramolecular Hbond substituents is 1. The van der Waals surface area contributed by atoms with Crippen molar-refractivity contribution < 1.29 is 9.90 Å². The summed E-state index contributed by atoms with van der Waals surface area (Å²) >= 11 is 1.60. The third-order valence-electron chi connectivity index (χ3n) is 4.39. The number of fused-ring (bicyclic) bond motifs is 1. The third kappa shape index (κ3) is 3.24. The van der Waals surface area contributed by atoms with Crippen LogP contribution in [0.5, 0.6) is 5.75 Å². The first-order valence-electron chi connectivity index (χ1n) is 8.05. The van der Waals surface area contributed by atoms with Gasteiger partial charge in [0.05, 0.1) is 22.3 Å². The summed E-state index contributed by atoms with van der Waals surface area (Å²) in [5.74, 6) is -0.151. The molecule has 5 heteroatoms. The average Bonchev–Trinajstić information content (AvgIpc) is 2.85. The predicted octanol–water partition coefficient (Wildman–Crippen LogP) is 3.84. The van der Waals surface area contributed by atoms with E-state index in [1.165, 1.54) is 11.1 Å². The van der Waals surface area contributed by atoms with E-state index in [9.17, 15) is 9.90 Å². The molecule has 1 heterocycles. The molecule has 4 nitrogen and oxygen atoms in total. The number of aryl methyl sites for hydroxylation is 4. The summed E-state index contributed by atoms with van der Waals surface area (Å²) < 4.78 is 0. The van der Waals surface area contributed by atoms with Gasteiger partial charge in [0, 0.05) is 4.88 Å². The van der Waals surface area contributed by atoms with Crippen molar-refractivity contribution in [2.24, 2.45) is 0 Å². The maximum absolute atomic E-state index is 12.6. The standard InChI is InChI=1S/C18H22N2O2S/c1-10-17(23-12(3)19-10)11(2)20-18(22)15-8-13-6-4-5-7-14(13)9-16(15)21/h8-9,11,21H,4-7H2,1-3H3,(H,20,22)/t11-/m0/s1. The lowest BCUT2D eigenvalue weighted by atomic mass is 9.90. The Morgan fingerprint density at radius 3 is 2.52 bits per heavy atom. The van der Waals surface area contributed by atoms with E-state index >= 15 is 0 Å². The monoisotopic (exact) mass is 330 g/mol. The highest BCUT2D eigenvalue weighted by molar-refractivity contribution is 7.11. The van der Waals surface area contributed by atoms with Gasteiger partial charge >= 0.3 is 0 Å². The van der Waals surface area contributed by atoms with E-state index in [4.69, 9.17) is 0 Å². The Morgan fingerprint density at radius 2 is 1.91 bits per heavy atom. The second-order valence-corrected chi connectivity index (χ2v) is 7.46. The number of aromatic hydroxyl groups is 1. The second-order valence-electron chi connectivity index (χ2n) is 6.22. The van der Waals surface area contributed by atoms with Crippen LogP contribution in [0, 0.1) is 13.8 Å². The molecule has 2 N–H and O–H groups in total. The Bertz CT molecular complexity index is 752. The molecule has 1 atom stereocenters. The second kappa shape index (κ2) is 6.32. The minimum atomic E-state index is -0.228. The van der Waals surface area contributed by atoms with Gasteiger partial charge in [0.1, 0.15) is 5.75 Å². The van der Waals surface area contributed by atoms with Gasteiger partial charge in [-0.05, 0) is 69.7 Å². The number of thiazole rings is 1. The maximum atomic E-state index is 12.6. The molecule has 0 unspecified atom stereocenters. The topological polar surface area (TPSA) is 62.2 Å². The van der Waals surface area contributed by atoms with Crippen molar-refractivity contribution in [1.82, 2.24) is 10.3 Å². The Labute approximate surface area is 140 Å². The van der Waals surface area contributed by atoms with Crippen molar-refractivity contribution >= 4 is 17.2 Å². The number of aromatic nitrogens is 1. The van der Waals surface area contributed by atoms with Gasteiger partial charge in [0.15, 0.2) is 0 Å². The summed E-state index contributed by atoms with van der Waals surface area (Å²) in [5.41, 5.74) is 3.69. The fourth-order valence-corrected chi connectivity index (χ4v) is 4.17. The Kier molecular flexibility index (Phi) is 4.39. The lowest BCUT2D eigenvalue weighted by Crippen LogP contribution is -2.27. The largest absolute Gasteiger partial charge is 0.507 e. The molecular formula is C18H22N2O2S. The number of nitrogens with one attached hydrogen (secondary N) is 1. The molecule has 23 heavy (non-hydrogen) atoms. The Hall–Kier alpha value is -1.88. The summed E-state index contributed by atoms with van der Waals surface area (Å²) in [7, 11) is 0.